The van der Waals surface area contributed by atoms with Gasteiger partial charge in [0, 0.05) is 24.5 Å². The molecular weight excluding hydrogens is 322 g/mol. The highest BCUT2D eigenvalue weighted by Crippen LogP contribution is 2.28. The van der Waals surface area contributed by atoms with E-state index in [4.69, 9.17) is 0 Å². The Hall–Kier alpha value is -2.84. The first-order valence-electron chi connectivity index (χ1n) is 7.45. The van der Waals surface area contributed by atoms with Gasteiger partial charge in [0.1, 0.15) is 16.2 Å². The largest absolute Gasteiger partial charge is 0.316 e. The highest BCUT2D eigenvalue weighted by molar-refractivity contribution is 7.21. The van der Waals surface area contributed by atoms with Gasteiger partial charge in [0.15, 0.2) is 5.13 Å². The van der Waals surface area contributed by atoms with Crippen molar-refractivity contribution in [3.8, 4) is 11.3 Å². The van der Waals surface area contributed by atoms with Crippen LogP contribution in [0, 0.1) is 0 Å². The first kappa shape index (κ1) is 14.7. The van der Waals surface area contributed by atoms with Crippen molar-refractivity contribution in [2.45, 2.75) is 6.54 Å². The van der Waals surface area contributed by atoms with E-state index >= 15 is 0 Å². The van der Waals surface area contributed by atoms with E-state index in [1.807, 2.05) is 37.5 Å². The van der Waals surface area contributed by atoms with Crippen LogP contribution in [0.15, 0.2) is 42.9 Å². The van der Waals surface area contributed by atoms with E-state index in [9.17, 15) is 0 Å². The molecule has 0 spiro atoms. The summed E-state index contributed by atoms with van der Waals surface area (Å²) in [6.07, 6.45) is 5.37. The van der Waals surface area contributed by atoms with Crippen LogP contribution >= 0.6 is 11.3 Å². The third-order valence-electron chi connectivity index (χ3n) is 3.49. The lowest BCUT2D eigenvalue weighted by Crippen LogP contribution is -2.05. The molecule has 120 valence electrons. The van der Waals surface area contributed by atoms with Crippen molar-refractivity contribution < 1.29 is 0 Å². The lowest BCUT2D eigenvalue weighted by Gasteiger charge is -2.04. The van der Waals surface area contributed by atoms with Crippen LogP contribution in [-0.4, -0.2) is 32.2 Å². The van der Waals surface area contributed by atoms with Crippen molar-refractivity contribution in [3.05, 3.63) is 48.4 Å². The van der Waals surface area contributed by atoms with Gasteiger partial charge < -0.3 is 10.6 Å². The fourth-order valence-electron chi connectivity index (χ4n) is 2.39. The van der Waals surface area contributed by atoms with Crippen LogP contribution in [0.3, 0.4) is 0 Å². The zero-order valence-corrected chi connectivity index (χ0v) is 13.8. The molecule has 0 saturated carbocycles. The third-order valence-corrected chi connectivity index (χ3v) is 4.37. The maximum Gasteiger partial charge on any atom is 0.190 e. The summed E-state index contributed by atoms with van der Waals surface area (Å²) in [5.41, 5.74) is 3.86. The topological polar surface area (TPSA) is 91.4 Å². The molecule has 0 aliphatic rings. The lowest BCUT2D eigenvalue weighted by atomic mass is 10.2. The second-order valence-electron chi connectivity index (χ2n) is 5.23. The summed E-state index contributed by atoms with van der Waals surface area (Å²) in [6.45, 7) is 0.798. The molecule has 24 heavy (non-hydrogen) atoms. The minimum Gasteiger partial charge on any atom is -0.316 e. The Morgan fingerprint density at radius 3 is 3.00 bits per heavy atom. The second kappa shape index (κ2) is 6.34. The number of pyridine rings is 2. The molecule has 4 aromatic rings. The molecule has 0 unspecified atom stereocenters. The molecule has 0 aromatic carbocycles. The third kappa shape index (κ3) is 2.97. The molecule has 0 saturated heterocycles. The van der Waals surface area contributed by atoms with Crippen molar-refractivity contribution in [3.63, 3.8) is 0 Å². The summed E-state index contributed by atoms with van der Waals surface area (Å²) in [7, 11) is 1.92. The van der Waals surface area contributed by atoms with Gasteiger partial charge in [0.2, 0.25) is 0 Å². The summed E-state index contributed by atoms with van der Waals surface area (Å²) in [6, 6.07) is 7.91. The highest BCUT2D eigenvalue weighted by Gasteiger charge is 2.09. The smallest absolute Gasteiger partial charge is 0.190 e. The van der Waals surface area contributed by atoms with Gasteiger partial charge in [-0.1, -0.05) is 11.3 Å². The van der Waals surface area contributed by atoms with E-state index in [0.717, 1.165) is 44.7 Å². The van der Waals surface area contributed by atoms with Gasteiger partial charge in [-0.25, -0.2) is 15.0 Å². The molecule has 7 nitrogen and oxygen atoms in total. The van der Waals surface area contributed by atoms with Crippen LogP contribution < -0.4 is 10.6 Å². The van der Waals surface area contributed by atoms with E-state index in [-0.39, 0.29) is 0 Å². The first-order chi connectivity index (χ1) is 11.8. The number of nitrogens with one attached hydrogen (secondary N) is 3. The summed E-state index contributed by atoms with van der Waals surface area (Å²) in [5.74, 6) is 0.775. The number of rotatable bonds is 5. The molecular formula is C16H15N7S. The fourth-order valence-corrected chi connectivity index (χ4v) is 3.23. The molecule has 3 N–H and O–H groups in total. The predicted octanol–water partition coefficient (Wildman–Crippen LogP) is 2.94. The molecule has 0 aliphatic heterocycles. The molecule has 0 aliphatic carbocycles. The molecule has 4 aromatic heterocycles. The minimum absolute atomic E-state index is 0.774. The van der Waals surface area contributed by atoms with Gasteiger partial charge in [-0.05, 0) is 36.9 Å². The fraction of sp³-hybridized carbons (Fsp3) is 0.125. The SMILES string of the molecule is CNCc1ccnc(Nc2nc3ccc(-c4cn[nH]c4)nc3s2)c1. The van der Waals surface area contributed by atoms with E-state index < -0.39 is 0 Å². The number of H-pyrrole nitrogens is 1. The maximum atomic E-state index is 4.65. The maximum absolute atomic E-state index is 4.65. The Bertz CT molecular complexity index is 962. The van der Waals surface area contributed by atoms with Crippen molar-refractivity contribution in [2.24, 2.45) is 0 Å². The predicted molar refractivity (Wildman–Crippen MR) is 95.3 cm³/mol. The van der Waals surface area contributed by atoms with Crippen LogP contribution in [0.5, 0.6) is 0 Å². The minimum atomic E-state index is 0.774. The van der Waals surface area contributed by atoms with Gasteiger partial charge in [-0.15, -0.1) is 0 Å². The molecule has 4 rings (SSSR count). The van der Waals surface area contributed by atoms with Gasteiger partial charge in [0.25, 0.3) is 0 Å². The first-order valence-corrected chi connectivity index (χ1v) is 8.27. The quantitative estimate of drug-likeness (QED) is 0.519. The molecule has 8 heteroatoms. The summed E-state index contributed by atoms with van der Waals surface area (Å²) >= 11 is 1.50. The molecule has 0 fully saturated rings. The van der Waals surface area contributed by atoms with Gasteiger partial charge in [0.05, 0.1) is 11.9 Å². The average molecular weight is 337 g/mol. The van der Waals surface area contributed by atoms with Crippen LogP contribution in [0.4, 0.5) is 10.9 Å². The van der Waals surface area contributed by atoms with Crippen molar-refractivity contribution >= 4 is 32.6 Å². The highest BCUT2D eigenvalue weighted by atomic mass is 32.1. The number of thiazole rings is 1. The number of hydrogen-bond acceptors (Lipinski definition) is 7. The molecule has 0 amide bonds. The van der Waals surface area contributed by atoms with Gasteiger partial charge >= 0.3 is 0 Å². The van der Waals surface area contributed by atoms with Crippen molar-refractivity contribution in [1.29, 1.82) is 0 Å². The zero-order valence-electron chi connectivity index (χ0n) is 12.9. The van der Waals surface area contributed by atoms with E-state index in [0.29, 0.717) is 0 Å². The summed E-state index contributed by atoms with van der Waals surface area (Å²) in [5, 5.41) is 13.9. The van der Waals surface area contributed by atoms with Crippen LogP contribution in [0.25, 0.3) is 21.6 Å². The summed E-state index contributed by atoms with van der Waals surface area (Å²) in [4.78, 5) is 14.4. The Morgan fingerprint density at radius 1 is 1.21 bits per heavy atom. The van der Waals surface area contributed by atoms with Crippen LogP contribution in [0.1, 0.15) is 5.56 Å². The van der Waals surface area contributed by atoms with Gasteiger partial charge in [-0.3, -0.25) is 5.10 Å². The van der Waals surface area contributed by atoms with E-state index in [2.05, 4.69) is 35.8 Å². The number of nitrogens with zero attached hydrogens (tertiary/aromatic N) is 4. The van der Waals surface area contributed by atoms with Crippen LogP contribution in [-0.2, 0) is 6.54 Å². The molecule has 0 bridgehead atoms. The zero-order chi connectivity index (χ0) is 16.4. The standard InChI is InChI=1S/C16H15N7S/c1-17-7-10-4-5-18-14(6-10)23-16-22-13-3-2-12(21-15(13)24-16)11-8-19-20-9-11/h2-6,8-9,17H,7H2,1H3,(H,19,20)(H,18,22,23). The Balaban J connectivity index is 1.62. The number of fused-ring (bicyclic) bond motifs is 1. The van der Waals surface area contributed by atoms with Crippen molar-refractivity contribution in [2.75, 3.05) is 12.4 Å². The Morgan fingerprint density at radius 2 is 2.17 bits per heavy atom. The normalized spacial score (nSPS) is 11.0. The Kier molecular flexibility index (Phi) is 3.89. The number of hydrogen-bond donors (Lipinski definition) is 3. The average Bonchev–Trinajstić information content (AvgIpc) is 3.24. The van der Waals surface area contributed by atoms with Gasteiger partial charge in [-0.2, -0.15) is 5.10 Å². The number of aromatic nitrogens is 5. The molecule has 4 heterocycles. The van der Waals surface area contributed by atoms with Crippen molar-refractivity contribution in [1.82, 2.24) is 30.5 Å². The van der Waals surface area contributed by atoms with Crippen LogP contribution in [0.2, 0.25) is 0 Å². The Labute approximate surface area is 142 Å². The monoisotopic (exact) mass is 337 g/mol. The van der Waals surface area contributed by atoms with E-state index in [1.54, 1.807) is 12.4 Å². The number of anilines is 2. The molecule has 0 atom stereocenters. The van der Waals surface area contributed by atoms with E-state index in [1.165, 1.54) is 11.3 Å². The second-order valence-corrected chi connectivity index (χ2v) is 6.21. The number of aromatic amines is 1. The lowest BCUT2D eigenvalue weighted by molar-refractivity contribution is 0.816. The molecule has 0 radical (unpaired) electrons. The summed E-state index contributed by atoms with van der Waals surface area (Å²) < 4.78 is 0.